The van der Waals surface area contributed by atoms with Crippen LogP contribution in [0.15, 0.2) is 16.6 Å². The SMILES string of the molecule is Fc1ccc(Br)c(F)c1COCCC(F)(F)F. The van der Waals surface area contributed by atoms with E-state index in [4.69, 9.17) is 0 Å². The number of ether oxygens (including phenoxy) is 1. The molecule has 0 radical (unpaired) electrons. The smallest absolute Gasteiger partial charge is 0.376 e. The fourth-order valence-electron chi connectivity index (χ4n) is 1.06. The summed E-state index contributed by atoms with van der Waals surface area (Å²) in [4.78, 5) is 0. The zero-order valence-corrected chi connectivity index (χ0v) is 10.0. The Kier molecular flexibility index (Phi) is 4.88. The third kappa shape index (κ3) is 4.59. The molecule has 0 aliphatic heterocycles. The zero-order chi connectivity index (χ0) is 13.1. The predicted octanol–water partition coefficient (Wildman–Crippen LogP) is 4.20. The van der Waals surface area contributed by atoms with Gasteiger partial charge in [0, 0.05) is 0 Å². The summed E-state index contributed by atoms with van der Waals surface area (Å²) in [7, 11) is 0. The summed E-state index contributed by atoms with van der Waals surface area (Å²) < 4.78 is 66.4. The molecule has 96 valence electrons. The average Bonchev–Trinajstić information content (AvgIpc) is 2.21. The van der Waals surface area contributed by atoms with Gasteiger partial charge in [0.2, 0.25) is 0 Å². The van der Waals surface area contributed by atoms with Crippen LogP contribution in [0.3, 0.4) is 0 Å². The number of alkyl halides is 3. The number of hydrogen-bond acceptors (Lipinski definition) is 1. The van der Waals surface area contributed by atoms with Gasteiger partial charge in [-0.2, -0.15) is 13.2 Å². The second kappa shape index (κ2) is 5.77. The van der Waals surface area contributed by atoms with E-state index in [0.29, 0.717) is 0 Å². The molecule has 1 nitrogen and oxygen atoms in total. The lowest BCUT2D eigenvalue weighted by Crippen LogP contribution is -2.12. The van der Waals surface area contributed by atoms with Crippen molar-refractivity contribution in [2.75, 3.05) is 6.61 Å². The molecule has 1 rings (SSSR count). The lowest BCUT2D eigenvalue weighted by molar-refractivity contribution is -0.146. The fraction of sp³-hybridized carbons (Fsp3) is 0.400. The minimum absolute atomic E-state index is 0.0355. The molecule has 0 aromatic heterocycles. The zero-order valence-electron chi connectivity index (χ0n) is 8.45. The van der Waals surface area contributed by atoms with Gasteiger partial charge in [0.15, 0.2) is 0 Å². The Labute approximate surface area is 103 Å². The van der Waals surface area contributed by atoms with E-state index in [1.807, 2.05) is 0 Å². The van der Waals surface area contributed by atoms with Crippen LogP contribution in [0.2, 0.25) is 0 Å². The van der Waals surface area contributed by atoms with E-state index < -0.39 is 37.4 Å². The molecule has 17 heavy (non-hydrogen) atoms. The second-order valence-corrected chi connectivity index (χ2v) is 4.09. The molecule has 0 heterocycles. The van der Waals surface area contributed by atoms with Crippen LogP contribution in [0.1, 0.15) is 12.0 Å². The summed E-state index contributed by atoms with van der Waals surface area (Å²) in [6.07, 6.45) is -5.49. The molecule has 0 amide bonds. The lowest BCUT2D eigenvalue weighted by Gasteiger charge is -2.09. The van der Waals surface area contributed by atoms with Crippen molar-refractivity contribution in [3.05, 3.63) is 33.8 Å². The van der Waals surface area contributed by atoms with E-state index in [2.05, 4.69) is 20.7 Å². The minimum Gasteiger partial charge on any atom is -0.376 e. The third-order valence-corrected chi connectivity index (χ3v) is 2.53. The van der Waals surface area contributed by atoms with Crippen molar-refractivity contribution in [2.24, 2.45) is 0 Å². The van der Waals surface area contributed by atoms with Gasteiger partial charge in [-0.25, -0.2) is 8.78 Å². The Morgan fingerprint density at radius 3 is 2.41 bits per heavy atom. The quantitative estimate of drug-likeness (QED) is 0.459. The van der Waals surface area contributed by atoms with Crippen molar-refractivity contribution in [2.45, 2.75) is 19.2 Å². The molecule has 7 heteroatoms. The highest BCUT2D eigenvalue weighted by molar-refractivity contribution is 9.10. The molecule has 0 bridgehead atoms. The largest absolute Gasteiger partial charge is 0.391 e. The molecule has 0 saturated heterocycles. The Morgan fingerprint density at radius 1 is 1.18 bits per heavy atom. The van der Waals surface area contributed by atoms with E-state index in [-0.39, 0.29) is 10.0 Å². The Balaban J connectivity index is 2.55. The number of halogens is 6. The summed E-state index contributed by atoms with van der Waals surface area (Å²) >= 11 is 2.84. The van der Waals surface area contributed by atoms with Crippen LogP contribution in [-0.2, 0) is 11.3 Å². The minimum atomic E-state index is -4.34. The maximum atomic E-state index is 13.3. The standard InChI is InChI=1S/C10H8BrF5O/c11-7-1-2-8(12)6(9(7)13)5-17-4-3-10(14,15)16/h1-2H,3-5H2. The van der Waals surface area contributed by atoms with E-state index in [0.717, 1.165) is 6.07 Å². The van der Waals surface area contributed by atoms with Gasteiger partial charge in [0.25, 0.3) is 0 Å². The molecule has 0 N–H and O–H groups in total. The van der Waals surface area contributed by atoms with Crippen molar-refractivity contribution in [1.82, 2.24) is 0 Å². The topological polar surface area (TPSA) is 9.23 Å². The van der Waals surface area contributed by atoms with Gasteiger partial charge in [0.05, 0.1) is 29.7 Å². The highest BCUT2D eigenvalue weighted by atomic mass is 79.9. The Morgan fingerprint density at radius 2 is 1.82 bits per heavy atom. The van der Waals surface area contributed by atoms with Gasteiger partial charge in [-0.05, 0) is 28.1 Å². The fourth-order valence-corrected chi connectivity index (χ4v) is 1.43. The first kappa shape index (κ1) is 14.4. The maximum absolute atomic E-state index is 13.3. The average molecular weight is 319 g/mol. The molecule has 0 spiro atoms. The molecule has 0 aliphatic rings. The van der Waals surface area contributed by atoms with Gasteiger partial charge in [-0.3, -0.25) is 0 Å². The van der Waals surface area contributed by atoms with E-state index in [9.17, 15) is 22.0 Å². The summed E-state index contributed by atoms with van der Waals surface area (Å²) in [6, 6.07) is 2.18. The molecule has 0 fully saturated rings. The molecule has 0 unspecified atom stereocenters. The summed E-state index contributed by atoms with van der Waals surface area (Å²) in [5.74, 6) is -1.71. The van der Waals surface area contributed by atoms with Gasteiger partial charge in [-0.1, -0.05) is 0 Å². The van der Waals surface area contributed by atoms with E-state index in [1.165, 1.54) is 6.07 Å². The molecular weight excluding hydrogens is 311 g/mol. The third-order valence-electron chi connectivity index (χ3n) is 1.92. The molecule has 0 saturated carbocycles. The number of benzene rings is 1. The molecule has 1 aromatic carbocycles. The Hall–Kier alpha value is -0.690. The van der Waals surface area contributed by atoms with Crippen molar-refractivity contribution in [3.8, 4) is 0 Å². The van der Waals surface area contributed by atoms with E-state index >= 15 is 0 Å². The first-order valence-electron chi connectivity index (χ1n) is 4.58. The van der Waals surface area contributed by atoms with Crippen molar-refractivity contribution in [1.29, 1.82) is 0 Å². The first-order chi connectivity index (χ1) is 7.81. The predicted molar refractivity (Wildman–Crippen MR) is 54.4 cm³/mol. The van der Waals surface area contributed by atoms with Crippen LogP contribution in [0, 0.1) is 11.6 Å². The van der Waals surface area contributed by atoms with Crippen molar-refractivity contribution < 1.29 is 26.7 Å². The van der Waals surface area contributed by atoms with E-state index in [1.54, 1.807) is 0 Å². The summed E-state index contributed by atoms with van der Waals surface area (Å²) in [6.45, 7) is -1.16. The van der Waals surface area contributed by atoms with Crippen molar-refractivity contribution >= 4 is 15.9 Å². The second-order valence-electron chi connectivity index (χ2n) is 3.24. The summed E-state index contributed by atoms with van der Waals surface area (Å²) in [5, 5.41) is 0. The number of rotatable bonds is 4. The normalized spacial score (nSPS) is 11.9. The van der Waals surface area contributed by atoms with Crippen molar-refractivity contribution in [3.63, 3.8) is 0 Å². The van der Waals surface area contributed by atoms with Gasteiger partial charge < -0.3 is 4.74 Å². The first-order valence-corrected chi connectivity index (χ1v) is 5.37. The van der Waals surface area contributed by atoms with Crippen LogP contribution in [0.25, 0.3) is 0 Å². The van der Waals surface area contributed by atoms with Crippen LogP contribution < -0.4 is 0 Å². The maximum Gasteiger partial charge on any atom is 0.391 e. The van der Waals surface area contributed by atoms with Crippen LogP contribution in [0.5, 0.6) is 0 Å². The molecule has 0 atom stereocenters. The lowest BCUT2D eigenvalue weighted by atomic mass is 10.2. The molecule has 1 aromatic rings. The molecular formula is C10H8BrF5O. The van der Waals surface area contributed by atoms with Gasteiger partial charge >= 0.3 is 6.18 Å². The van der Waals surface area contributed by atoms with Gasteiger partial charge in [0.1, 0.15) is 11.6 Å². The molecule has 0 aliphatic carbocycles. The van der Waals surface area contributed by atoms with Crippen LogP contribution in [0.4, 0.5) is 22.0 Å². The monoisotopic (exact) mass is 318 g/mol. The summed E-state index contributed by atoms with van der Waals surface area (Å²) in [5.41, 5.74) is -0.387. The highest BCUT2D eigenvalue weighted by Gasteiger charge is 2.26. The van der Waals surface area contributed by atoms with Gasteiger partial charge in [-0.15, -0.1) is 0 Å². The highest BCUT2D eigenvalue weighted by Crippen LogP contribution is 2.23. The number of hydrogen-bond donors (Lipinski definition) is 0. The van der Waals surface area contributed by atoms with Crippen LogP contribution in [-0.4, -0.2) is 12.8 Å². The van der Waals surface area contributed by atoms with Crippen LogP contribution >= 0.6 is 15.9 Å². The Bertz CT molecular complexity index is 391.